The lowest BCUT2D eigenvalue weighted by Gasteiger charge is -2.38. The van der Waals surface area contributed by atoms with Crippen molar-refractivity contribution in [2.75, 3.05) is 33.9 Å². The second-order valence-corrected chi connectivity index (χ2v) is 5.58. The average molecular weight is 320 g/mol. The number of hydrogen-bond donors (Lipinski definition) is 0. The summed E-state index contributed by atoms with van der Waals surface area (Å²) in [5.74, 6) is 1.24. The van der Waals surface area contributed by atoms with Crippen LogP contribution in [0.4, 0.5) is 0 Å². The number of benzene rings is 1. The first-order valence-electron chi connectivity index (χ1n) is 7.80. The highest BCUT2D eigenvalue weighted by molar-refractivity contribution is 5.89. The van der Waals surface area contributed by atoms with Gasteiger partial charge < -0.3 is 19.3 Å². The number of rotatable bonds is 5. The third-order valence-electron chi connectivity index (χ3n) is 4.22. The predicted octanol–water partition coefficient (Wildman–Crippen LogP) is 1.33. The minimum absolute atomic E-state index is 0.00956. The van der Waals surface area contributed by atoms with Crippen molar-refractivity contribution in [2.24, 2.45) is 0 Å². The van der Waals surface area contributed by atoms with Crippen LogP contribution in [0.15, 0.2) is 18.2 Å². The van der Waals surface area contributed by atoms with Crippen LogP contribution in [0, 0.1) is 0 Å². The molecule has 1 aromatic carbocycles. The van der Waals surface area contributed by atoms with E-state index < -0.39 is 6.04 Å². The van der Waals surface area contributed by atoms with Crippen LogP contribution < -0.4 is 9.47 Å². The summed E-state index contributed by atoms with van der Waals surface area (Å²) in [5, 5.41) is 0. The van der Waals surface area contributed by atoms with Crippen LogP contribution in [-0.2, 0) is 16.0 Å². The Kier molecular flexibility index (Phi) is 5.47. The number of likely N-dealkylation sites (N-methyl/N-ethyl adjacent to an activating group) is 1. The normalized spacial score (nSPS) is 18.1. The summed E-state index contributed by atoms with van der Waals surface area (Å²) in [6.45, 7) is 5.57. The monoisotopic (exact) mass is 320 g/mol. The quantitative estimate of drug-likeness (QED) is 0.821. The smallest absolute Gasteiger partial charge is 0.245 e. The molecule has 0 unspecified atom stereocenters. The van der Waals surface area contributed by atoms with Gasteiger partial charge in [-0.15, -0.1) is 0 Å². The van der Waals surface area contributed by atoms with Gasteiger partial charge in [0.2, 0.25) is 11.8 Å². The number of ether oxygens (including phenoxy) is 2. The van der Waals surface area contributed by atoms with Crippen molar-refractivity contribution in [3.63, 3.8) is 0 Å². The number of carbonyl (C=O) groups is 2. The summed E-state index contributed by atoms with van der Waals surface area (Å²) >= 11 is 0. The zero-order valence-corrected chi connectivity index (χ0v) is 14.2. The molecule has 126 valence electrons. The van der Waals surface area contributed by atoms with Gasteiger partial charge in [-0.3, -0.25) is 9.59 Å². The van der Waals surface area contributed by atoms with E-state index in [1.807, 2.05) is 19.1 Å². The first-order valence-corrected chi connectivity index (χ1v) is 7.80. The highest BCUT2D eigenvalue weighted by atomic mass is 16.5. The van der Waals surface area contributed by atoms with Crippen LogP contribution in [0.1, 0.15) is 19.4 Å². The molecule has 1 fully saturated rings. The Labute approximate surface area is 137 Å². The van der Waals surface area contributed by atoms with E-state index in [4.69, 9.17) is 9.47 Å². The zero-order chi connectivity index (χ0) is 17.0. The van der Waals surface area contributed by atoms with Gasteiger partial charge in [-0.2, -0.15) is 0 Å². The van der Waals surface area contributed by atoms with Crippen molar-refractivity contribution in [3.05, 3.63) is 23.8 Å². The number of amides is 2. The molecule has 1 aliphatic heterocycles. The van der Waals surface area contributed by atoms with Crippen LogP contribution >= 0.6 is 0 Å². The maximum Gasteiger partial charge on any atom is 0.245 e. The Morgan fingerprint density at radius 2 is 1.78 bits per heavy atom. The van der Waals surface area contributed by atoms with Crippen molar-refractivity contribution in [2.45, 2.75) is 26.3 Å². The van der Waals surface area contributed by atoms with E-state index in [1.54, 1.807) is 37.0 Å². The Morgan fingerprint density at radius 3 is 2.30 bits per heavy atom. The molecular formula is C17H24N2O4. The van der Waals surface area contributed by atoms with Gasteiger partial charge in [-0.1, -0.05) is 0 Å². The van der Waals surface area contributed by atoms with Crippen LogP contribution in [-0.4, -0.2) is 61.5 Å². The molecule has 1 atom stereocenters. The molecule has 0 N–H and O–H groups in total. The number of nitrogens with zero attached hydrogens (tertiary/aromatic N) is 2. The van der Waals surface area contributed by atoms with Crippen molar-refractivity contribution >= 4 is 11.8 Å². The maximum absolute atomic E-state index is 12.6. The molecule has 0 saturated carbocycles. The topological polar surface area (TPSA) is 59.1 Å². The lowest BCUT2D eigenvalue weighted by atomic mass is 10.1. The SMILES string of the molecule is CCN1CCN(C(=O)Cc2cc(OC)cc(OC)c2)[C@H](C)C1=O. The Bertz CT molecular complexity index is 566. The third-order valence-corrected chi connectivity index (χ3v) is 4.22. The molecule has 0 radical (unpaired) electrons. The van der Waals surface area contributed by atoms with E-state index in [-0.39, 0.29) is 18.2 Å². The second kappa shape index (κ2) is 7.35. The van der Waals surface area contributed by atoms with Crippen LogP contribution in [0.5, 0.6) is 11.5 Å². The minimum atomic E-state index is -0.413. The molecule has 2 amide bonds. The summed E-state index contributed by atoms with van der Waals surface area (Å²) in [7, 11) is 3.15. The predicted molar refractivity (Wildman–Crippen MR) is 86.7 cm³/mol. The molecule has 0 aromatic heterocycles. The van der Waals surface area contributed by atoms with Crippen LogP contribution in [0.2, 0.25) is 0 Å². The van der Waals surface area contributed by atoms with Crippen LogP contribution in [0.25, 0.3) is 0 Å². The molecule has 1 aromatic rings. The molecule has 0 bridgehead atoms. The van der Waals surface area contributed by atoms with Crippen molar-refractivity contribution in [1.82, 2.24) is 9.80 Å². The minimum Gasteiger partial charge on any atom is -0.497 e. The van der Waals surface area contributed by atoms with Crippen molar-refractivity contribution < 1.29 is 19.1 Å². The molecule has 6 heteroatoms. The highest BCUT2D eigenvalue weighted by Gasteiger charge is 2.33. The summed E-state index contributed by atoms with van der Waals surface area (Å²) in [4.78, 5) is 28.2. The van der Waals surface area contributed by atoms with Gasteiger partial charge in [0, 0.05) is 25.7 Å². The van der Waals surface area contributed by atoms with Gasteiger partial charge in [0.05, 0.1) is 20.6 Å². The second-order valence-electron chi connectivity index (χ2n) is 5.58. The molecule has 2 rings (SSSR count). The van der Waals surface area contributed by atoms with Gasteiger partial charge in [0.1, 0.15) is 17.5 Å². The van der Waals surface area contributed by atoms with Gasteiger partial charge >= 0.3 is 0 Å². The van der Waals surface area contributed by atoms with E-state index in [0.29, 0.717) is 31.1 Å². The van der Waals surface area contributed by atoms with Gasteiger partial charge in [-0.05, 0) is 31.5 Å². The molecule has 23 heavy (non-hydrogen) atoms. The Hall–Kier alpha value is -2.24. The zero-order valence-electron chi connectivity index (χ0n) is 14.2. The number of hydrogen-bond acceptors (Lipinski definition) is 4. The summed E-state index contributed by atoms with van der Waals surface area (Å²) in [5.41, 5.74) is 0.809. The van der Waals surface area contributed by atoms with E-state index in [2.05, 4.69) is 0 Å². The fourth-order valence-corrected chi connectivity index (χ4v) is 2.83. The molecule has 1 heterocycles. The average Bonchev–Trinajstić information content (AvgIpc) is 2.56. The molecule has 0 spiro atoms. The first-order chi connectivity index (χ1) is 11.0. The fourth-order valence-electron chi connectivity index (χ4n) is 2.83. The van der Waals surface area contributed by atoms with E-state index >= 15 is 0 Å². The standard InChI is InChI=1S/C17H24N2O4/c1-5-18-6-7-19(12(2)17(18)21)16(20)10-13-8-14(22-3)11-15(9-13)23-4/h8-9,11-12H,5-7,10H2,1-4H3/t12-/m1/s1. The van der Waals surface area contributed by atoms with Crippen LogP contribution in [0.3, 0.4) is 0 Å². The van der Waals surface area contributed by atoms with E-state index in [1.165, 1.54) is 0 Å². The first kappa shape index (κ1) is 17.1. The molecule has 6 nitrogen and oxygen atoms in total. The van der Waals surface area contributed by atoms with E-state index in [0.717, 1.165) is 5.56 Å². The van der Waals surface area contributed by atoms with Crippen molar-refractivity contribution in [1.29, 1.82) is 0 Å². The van der Waals surface area contributed by atoms with Gasteiger partial charge in [0.25, 0.3) is 0 Å². The lowest BCUT2D eigenvalue weighted by molar-refractivity contribution is -0.150. The van der Waals surface area contributed by atoms with Crippen molar-refractivity contribution in [3.8, 4) is 11.5 Å². The van der Waals surface area contributed by atoms with E-state index in [9.17, 15) is 9.59 Å². The Balaban J connectivity index is 2.11. The number of carbonyl (C=O) groups excluding carboxylic acids is 2. The summed E-state index contributed by atoms with van der Waals surface area (Å²) < 4.78 is 10.5. The molecule has 1 saturated heterocycles. The lowest BCUT2D eigenvalue weighted by Crippen LogP contribution is -2.57. The summed E-state index contributed by atoms with van der Waals surface area (Å²) in [6, 6.07) is 4.98. The maximum atomic E-state index is 12.6. The third kappa shape index (κ3) is 3.75. The molecule has 1 aliphatic rings. The van der Waals surface area contributed by atoms with Gasteiger partial charge in [0.15, 0.2) is 0 Å². The largest absolute Gasteiger partial charge is 0.497 e. The molecular weight excluding hydrogens is 296 g/mol. The van der Waals surface area contributed by atoms with Gasteiger partial charge in [-0.25, -0.2) is 0 Å². The summed E-state index contributed by atoms with van der Waals surface area (Å²) in [6.07, 6.45) is 0.220. The highest BCUT2D eigenvalue weighted by Crippen LogP contribution is 2.23. The molecule has 0 aliphatic carbocycles. The number of methoxy groups -OCH3 is 2. The number of piperazine rings is 1. The Morgan fingerprint density at radius 1 is 1.17 bits per heavy atom. The fraction of sp³-hybridized carbons (Fsp3) is 0.529.